The molecular weight excluding hydrogens is 823 g/mol. The number of aliphatic hydroxyl groups is 1. The minimum absolute atomic E-state index is 0.0203. The number of amides is 5. The monoisotopic (exact) mass is 865 g/mol. The minimum atomic E-state index is -1.31. The summed E-state index contributed by atoms with van der Waals surface area (Å²) in [6, 6.07) is 8.08. The van der Waals surface area contributed by atoms with Gasteiger partial charge in [0.1, 0.15) is 31.0 Å². The van der Waals surface area contributed by atoms with Gasteiger partial charge in [0.15, 0.2) is 0 Å². The van der Waals surface area contributed by atoms with E-state index >= 15 is 0 Å². The number of fused-ring (bicyclic) bond motifs is 1. The third kappa shape index (κ3) is 8.54. The number of aliphatic hydroxyl groups excluding tert-OH is 1. The molecule has 3 N–H and O–H groups in total. The van der Waals surface area contributed by atoms with E-state index in [2.05, 4.69) is 5.32 Å². The largest absolute Gasteiger partial charge is 0.477 e. The van der Waals surface area contributed by atoms with Crippen LogP contribution in [0.5, 0.6) is 0 Å². The zero-order valence-electron chi connectivity index (χ0n) is 33.0. The molecule has 2 aromatic carbocycles. The summed E-state index contributed by atoms with van der Waals surface area (Å²) in [4.78, 5) is 106. The number of rotatable bonds is 13. The van der Waals surface area contributed by atoms with Gasteiger partial charge in [-0.25, -0.2) is 14.4 Å². The number of carboxylic acids is 1. The fraction of sp³-hybridized carbons (Fsp3) is 0.487. The number of carbonyl (C=O) groups excluding carboxylic acids is 5. The van der Waals surface area contributed by atoms with E-state index in [-0.39, 0.29) is 62.9 Å². The van der Waals surface area contributed by atoms with E-state index in [0.29, 0.717) is 28.9 Å². The zero-order valence-corrected chi connectivity index (χ0v) is 33.8. The fourth-order valence-electron chi connectivity index (χ4n) is 8.58. The van der Waals surface area contributed by atoms with E-state index in [1.54, 1.807) is 6.92 Å². The summed E-state index contributed by atoms with van der Waals surface area (Å²) in [6.07, 6.45) is -1.51. The lowest BCUT2D eigenvalue weighted by Crippen LogP contribution is -2.65. The Morgan fingerprint density at radius 3 is 1.97 bits per heavy atom. The molecule has 7 atom stereocenters. The second kappa shape index (κ2) is 17.4. The van der Waals surface area contributed by atoms with Gasteiger partial charge >= 0.3 is 18.2 Å². The first kappa shape index (κ1) is 42.8. The van der Waals surface area contributed by atoms with E-state index in [4.69, 9.17) is 9.47 Å². The molecule has 5 amide bonds. The smallest absolute Gasteiger partial charge is 0.410 e. The van der Waals surface area contributed by atoms with Gasteiger partial charge in [-0.3, -0.25) is 44.4 Å². The van der Waals surface area contributed by atoms with Gasteiger partial charge in [0.2, 0.25) is 17.7 Å². The van der Waals surface area contributed by atoms with Gasteiger partial charge in [0.05, 0.1) is 34.0 Å². The van der Waals surface area contributed by atoms with E-state index in [9.17, 15) is 59.2 Å². The molecule has 0 unspecified atom stereocenters. The molecule has 7 rings (SSSR count). The van der Waals surface area contributed by atoms with Gasteiger partial charge in [-0.05, 0) is 61.6 Å². The van der Waals surface area contributed by atoms with Crippen LogP contribution in [0.3, 0.4) is 0 Å². The number of thioether (sulfide) groups is 1. The van der Waals surface area contributed by atoms with Crippen LogP contribution in [0.2, 0.25) is 0 Å². The summed E-state index contributed by atoms with van der Waals surface area (Å²) in [5.41, 5.74) is 0.554. The SMILES string of the molecule is C[C@@H](O)[C@H]1C(=O)N2C(C(=O)O)=C(S[C@H]3C[C@@H](C(=O)N4CC(NC(=O)[C@@H]5CCCN5C(=O)OCc5ccc([N+](=O)[O-])cc5)C4)N(C(=O)OCc4ccc([N+](=O)[O-])cc4)C3)[C@H](C)[C@H]12. The Balaban J connectivity index is 0.985. The van der Waals surface area contributed by atoms with Gasteiger partial charge in [-0.15, -0.1) is 11.8 Å². The van der Waals surface area contributed by atoms with Crippen LogP contribution in [-0.2, 0) is 41.9 Å². The maximum Gasteiger partial charge on any atom is 0.410 e. The van der Waals surface area contributed by atoms with E-state index in [1.807, 2.05) is 0 Å². The molecule has 0 saturated carbocycles. The number of nitro benzene ring substituents is 2. The van der Waals surface area contributed by atoms with Gasteiger partial charge < -0.3 is 34.8 Å². The van der Waals surface area contributed by atoms with Gasteiger partial charge in [0, 0.05) is 66.5 Å². The number of nitrogens with one attached hydrogen (secondary N) is 1. The number of hydrogen-bond donors (Lipinski definition) is 3. The Kier molecular flexibility index (Phi) is 12.2. The van der Waals surface area contributed by atoms with Crippen LogP contribution in [0.25, 0.3) is 0 Å². The molecule has 2 aromatic rings. The highest BCUT2D eigenvalue weighted by molar-refractivity contribution is 8.03. The Hall–Kier alpha value is -6.29. The zero-order chi connectivity index (χ0) is 43.9. The number of hydrogen-bond acceptors (Lipinski definition) is 14. The third-order valence-corrected chi connectivity index (χ3v) is 13.2. The number of nitro groups is 2. The number of aliphatic carboxylic acids is 1. The number of carbonyl (C=O) groups is 6. The maximum atomic E-state index is 14.1. The summed E-state index contributed by atoms with van der Waals surface area (Å²) in [6.45, 7) is 3.32. The van der Waals surface area contributed by atoms with E-state index < -0.39 is 93.1 Å². The maximum absolute atomic E-state index is 14.1. The number of β-lactam (4-membered cyclic amide) rings is 1. The molecule has 5 heterocycles. The predicted octanol–water partition coefficient (Wildman–Crippen LogP) is 2.60. The van der Waals surface area contributed by atoms with Crippen LogP contribution in [-0.4, -0.2) is 137 Å². The first-order chi connectivity index (χ1) is 29.0. The first-order valence-electron chi connectivity index (χ1n) is 19.6. The number of benzene rings is 2. The van der Waals surface area contributed by atoms with Crippen molar-refractivity contribution in [2.45, 2.75) is 81.8 Å². The van der Waals surface area contributed by atoms with Gasteiger partial charge in [-0.1, -0.05) is 6.92 Å². The lowest BCUT2D eigenvalue weighted by Gasteiger charge is -2.46. The number of likely N-dealkylation sites (tertiary alicyclic amines) is 3. The van der Waals surface area contributed by atoms with E-state index in [0.717, 1.165) is 0 Å². The summed E-state index contributed by atoms with van der Waals surface area (Å²) >= 11 is 1.17. The topological polar surface area (TPSA) is 273 Å². The molecule has 5 aliphatic heterocycles. The lowest BCUT2D eigenvalue weighted by atomic mass is 9.79. The highest BCUT2D eigenvalue weighted by atomic mass is 32.2. The molecule has 0 bridgehead atoms. The molecule has 0 aromatic heterocycles. The van der Waals surface area contributed by atoms with Gasteiger partial charge in [0.25, 0.3) is 11.4 Å². The molecule has 324 valence electrons. The Morgan fingerprint density at radius 1 is 0.885 bits per heavy atom. The molecular formula is C39H43N7O14S. The second-order valence-corrected chi connectivity index (χ2v) is 17.0. The molecule has 4 fully saturated rings. The summed E-state index contributed by atoms with van der Waals surface area (Å²) in [5.74, 6) is -3.88. The van der Waals surface area contributed by atoms with E-state index in [1.165, 1.54) is 86.8 Å². The average Bonchev–Trinajstić information content (AvgIpc) is 3.93. The highest BCUT2D eigenvalue weighted by Gasteiger charge is 2.60. The van der Waals surface area contributed by atoms with Crippen molar-refractivity contribution < 1.29 is 58.3 Å². The van der Waals surface area contributed by atoms with Crippen molar-refractivity contribution in [2.24, 2.45) is 11.8 Å². The Morgan fingerprint density at radius 2 is 1.44 bits per heavy atom. The molecule has 0 aliphatic carbocycles. The summed E-state index contributed by atoms with van der Waals surface area (Å²) in [5, 5.41) is 44.8. The molecule has 0 radical (unpaired) electrons. The van der Waals surface area contributed by atoms with Crippen LogP contribution in [0.15, 0.2) is 59.1 Å². The van der Waals surface area contributed by atoms with Crippen molar-refractivity contribution in [3.05, 3.63) is 90.5 Å². The normalized spacial score (nSPS) is 25.1. The standard InChI is InChI=1S/C39H43N7O14S/c1-20-31-30(21(2)47)36(50)44(31)32(37(51)52)33(20)61-27-14-29(43(17-27)39(54)60-19-23-7-11-26(12-8-23)46(57)58)35(49)41-15-24(16-41)40-34(48)28-4-3-13-42(28)38(53)59-18-22-5-9-25(10-6-22)45(55)56/h5-12,20-21,24,27-31,47H,3-4,13-19H2,1-2H3,(H,40,48)(H,51,52)/t20-,21-,27+,28+,29+,30-,31-/m1/s1. The van der Waals surface area contributed by atoms with Crippen LogP contribution in [0.1, 0.15) is 44.2 Å². The Labute approximate surface area is 351 Å². The molecule has 22 heteroatoms. The summed E-state index contributed by atoms with van der Waals surface area (Å²) < 4.78 is 11.0. The molecule has 21 nitrogen and oxygen atoms in total. The van der Waals surface area contributed by atoms with Crippen LogP contribution < -0.4 is 5.32 Å². The molecule has 61 heavy (non-hydrogen) atoms. The average molecular weight is 866 g/mol. The Bertz CT molecular complexity index is 2160. The third-order valence-electron chi connectivity index (χ3n) is 11.7. The number of carboxylic acid groups (broad SMARTS) is 1. The molecule has 4 saturated heterocycles. The van der Waals surface area contributed by atoms with Crippen molar-refractivity contribution in [1.29, 1.82) is 0 Å². The quantitative estimate of drug-likeness (QED) is 0.148. The predicted molar refractivity (Wildman–Crippen MR) is 211 cm³/mol. The first-order valence-corrected chi connectivity index (χ1v) is 20.5. The van der Waals surface area contributed by atoms with Crippen LogP contribution >= 0.6 is 11.8 Å². The van der Waals surface area contributed by atoms with Crippen molar-refractivity contribution in [1.82, 2.24) is 24.9 Å². The number of non-ortho nitro benzene ring substituents is 2. The fourth-order valence-corrected chi connectivity index (χ4v) is 10.1. The van der Waals surface area contributed by atoms with Crippen molar-refractivity contribution in [3.8, 4) is 0 Å². The number of nitrogens with zero attached hydrogens (tertiary/aromatic N) is 6. The molecule has 0 spiro atoms. The van der Waals surface area contributed by atoms with Crippen molar-refractivity contribution in [3.63, 3.8) is 0 Å². The van der Waals surface area contributed by atoms with Gasteiger partial charge in [-0.2, -0.15) is 0 Å². The number of ether oxygens (including phenoxy) is 2. The van der Waals surface area contributed by atoms with Crippen molar-refractivity contribution in [2.75, 3.05) is 26.2 Å². The lowest BCUT2D eigenvalue weighted by molar-refractivity contribution is -0.385. The highest BCUT2D eigenvalue weighted by Crippen LogP contribution is 2.52. The minimum Gasteiger partial charge on any atom is -0.477 e. The summed E-state index contributed by atoms with van der Waals surface area (Å²) in [7, 11) is 0. The van der Waals surface area contributed by atoms with Crippen LogP contribution in [0, 0.1) is 32.1 Å². The van der Waals surface area contributed by atoms with Crippen LogP contribution in [0.4, 0.5) is 21.0 Å². The second-order valence-electron chi connectivity index (χ2n) is 15.7. The van der Waals surface area contributed by atoms with Crippen molar-refractivity contribution >= 4 is 59.0 Å². The molecule has 5 aliphatic rings.